The minimum absolute atomic E-state index is 0. The number of ether oxygens (including phenoxy) is 2. The van der Waals surface area contributed by atoms with Gasteiger partial charge in [0.25, 0.3) is 0 Å². The van der Waals surface area contributed by atoms with Crippen LogP contribution in [-0.4, -0.2) is 46.4 Å². The van der Waals surface area contributed by atoms with Gasteiger partial charge in [0, 0.05) is 40.5 Å². The molecule has 0 radical (unpaired) electrons. The van der Waals surface area contributed by atoms with Gasteiger partial charge in [0.1, 0.15) is 0 Å². The van der Waals surface area contributed by atoms with Crippen LogP contribution in [-0.2, 0) is 9.47 Å². The Kier molecular flexibility index (Phi) is 14.2. The van der Waals surface area contributed by atoms with Crippen LogP contribution in [0.4, 0.5) is 0 Å². The van der Waals surface area contributed by atoms with Crippen LogP contribution in [0.15, 0.2) is 35.3 Å². The lowest BCUT2D eigenvalue weighted by Crippen LogP contribution is -2.38. The first kappa shape index (κ1) is 22.1. The van der Waals surface area contributed by atoms with Gasteiger partial charge in [-0.1, -0.05) is 30.3 Å². The summed E-state index contributed by atoms with van der Waals surface area (Å²) in [7, 11) is 3.49. The fraction of sp³-hybridized carbons (Fsp3) is 0.588. The molecular weight excluding hydrogens is 405 g/mol. The molecule has 1 rings (SSSR count). The number of guanidine groups is 1. The summed E-state index contributed by atoms with van der Waals surface area (Å²) in [5.74, 6) is 0.826. The number of nitrogens with zero attached hydrogens (tertiary/aromatic N) is 1. The molecule has 1 atom stereocenters. The van der Waals surface area contributed by atoms with Crippen LogP contribution in [0.1, 0.15) is 31.4 Å². The summed E-state index contributed by atoms with van der Waals surface area (Å²) in [5.41, 5.74) is 1.21. The fourth-order valence-electron chi connectivity index (χ4n) is 2.00. The van der Waals surface area contributed by atoms with Crippen LogP contribution >= 0.6 is 24.0 Å². The molecule has 6 heteroatoms. The summed E-state index contributed by atoms with van der Waals surface area (Å²) in [6, 6.07) is 10.3. The number of hydrogen-bond acceptors (Lipinski definition) is 3. The second kappa shape index (κ2) is 14.7. The normalized spacial score (nSPS) is 12.4. The van der Waals surface area contributed by atoms with Crippen molar-refractivity contribution in [1.29, 1.82) is 0 Å². The van der Waals surface area contributed by atoms with E-state index < -0.39 is 0 Å². The first-order valence-electron chi connectivity index (χ1n) is 7.88. The summed E-state index contributed by atoms with van der Waals surface area (Å²) in [6.45, 7) is 5.26. The van der Waals surface area contributed by atoms with Gasteiger partial charge in [-0.3, -0.25) is 4.99 Å². The van der Waals surface area contributed by atoms with Crippen molar-refractivity contribution in [1.82, 2.24) is 10.6 Å². The van der Waals surface area contributed by atoms with E-state index >= 15 is 0 Å². The maximum absolute atomic E-state index is 5.84. The van der Waals surface area contributed by atoms with E-state index in [1.165, 1.54) is 5.56 Å². The van der Waals surface area contributed by atoms with Gasteiger partial charge in [-0.05, 0) is 25.3 Å². The largest absolute Gasteiger partial charge is 0.385 e. The minimum Gasteiger partial charge on any atom is -0.385 e. The standard InChI is InChI=1S/C17H29N3O2.HI/c1-15(16-9-5-4-6-10-16)22-14-8-12-20-17(18-2)19-11-7-13-21-3;/h4-6,9-10,15H,7-8,11-14H2,1-3H3,(H2,18,19,20);1H. The molecule has 0 spiro atoms. The molecule has 1 unspecified atom stereocenters. The highest BCUT2D eigenvalue weighted by Gasteiger charge is 2.04. The van der Waals surface area contributed by atoms with E-state index in [0.717, 1.165) is 45.1 Å². The zero-order valence-corrected chi connectivity index (χ0v) is 16.7. The number of aliphatic imine (C=N–C) groups is 1. The predicted molar refractivity (Wildman–Crippen MR) is 107 cm³/mol. The van der Waals surface area contributed by atoms with Crippen molar-refractivity contribution in [2.45, 2.75) is 25.9 Å². The molecule has 0 fully saturated rings. The van der Waals surface area contributed by atoms with Gasteiger partial charge in [0.15, 0.2) is 5.96 Å². The number of benzene rings is 1. The molecule has 0 aliphatic carbocycles. The van der Waals surface area contributed by atoms with Gasteiger partial charge in [-0.2, -0.15) is 0 Å². The van der Waals surface area contributed by atoms with E-state index in [4.69, 9.17) is 9.47 Å². The van der Waals surface area contributed by atoms with Crippen LogP contribution in [0.2, 0.25) is 0 Å². The minimum atomic E-state index is 0. The van der Waals surface area contributed by atoms with E-state index in [9.17, 15) is 0 Å². The summed E-state index contributed by atoms with van der Waals surface area (Å²) in [6.07, 6.45) is 2.04. The van der Waals surface area contributed by atoms with Crippen LogP contribution in [0.25, 0.3) is 0 Å². The van der Waals surface area contributed by atoms with Crippen molar-refractivity contribution < 1.29 is 9.47 Å². The maximum Gasteiger partial charge on any atom is 0.190 e. The number of halogens is 1. The van der Waals surface area contributed by atoms with Gasteiger partial charge >= 0.3 is 0 Å². The SMILES string of the molecule is CN=C(NCCCOC)NCCCOC(C)c1ccccc1.I. The van der Waals surface area contributed by atoms with Gasteiger partial charge in [-0.25, -0.2) is 0 Å². The molecule has 5 nitrogen and oxygen atoms in total. The fourth-order valence-corrected chi connectivity index (χ4v) is 2.00. The second-order valence-corrected chi connectivity index (χ2v) is 5.05. The van der Waals surface area contributed by atoms with Crippen LogP contribution in [0.5, 0.6) is 0 Å². The molecule has 1 aromatic carbocycles. The number of rotatable bonds is 10. The summed E-state index contributed by atoms with van der Waals surface area (Å²) < 4.78 is 10.9. The summed E-state index contributed by atoms with van der Waals surface area (Å²) in [5, 5.41) is 6.53. The molecular formula is C17H30IN3O2. The van der Waals surface area contributed by atoms with Gasteiger partial charge < -0.3 is 20.1 Å². The molecule has 0 heterocycles. The Morgan fingerprint density at radius 3 is 2.26 bits per heavy atom. The molecule has 0 aliphatic rings. The molecule has 1 aromatic rings. The molecule has 0 aromatic heterocycles. The molecule has 0 bridgehead atoms. The second-order valence-electron chi connectivity index (χ2n) is 5.05. The van der Waals surface area contributed by atoms with Crippen molar-refractivity contribution in [3.05, 3.63) is 35.9 Å². The molecule has 0 saturated carbocycles. The first-order valence-corrected chi connectivity index (χ1v) is 7.88. The van der Waals surface area contributed by atoms with E-state index in [-0.39, 0.29) is 30.1 Å². The molecule has 132 valence electrons. The lowest BCUT2D eigenvalue weighted by Gasteiger charge is -2.14. The molecule has 2 N–H and O–H groups in total. The highest BCUT2D eigenvalue weighted by Crippen LogP contribution is 2.15. The van der Waals surface area contributed by atoms with Crippen LogP contribution in [0, 0.1) is 0 Å². The van der Waals surface area contributed by atoms with E-state index in [2.05, 4.69) is 34.7 Å². The lowest BCUT2D eigenvalue weighted by molar-refractivity contribution is 0.0646. The molecule has 0 saturated heterocycles. The average molecular weight is 435 g/mol. The monoisotopic (exact) mass is 435 g/mol. The highest BCUT2D eigenvalue weighted by atomic mass is 127. The van der Waals surface area contributed by atoms with E-state index in [1.807, 2.05) is 18.2 Å². The first-order chi connectivity index (χ1) is 10.8. The Labute approximate surface area is 157 Å². The quantitative estimate of drug-likeness (QED) is 0.257. The predicted octanol–water partition coefficient (Wildman–Crippen LogP) is 2.97. The Morgan fingerprint density at radius 2 is 1.70 bits per heavy atom. The number of hydrogen-bond donors (Lipinski definition) is 2. The Hall–Kier alpha value is -0.860. The third kappa shape index (κ3) is 10.5. The zero-order valence-electron chi connectivity index (χ0n) is 14.4. The van der Waals surface area contributed by atoms with Gasteiger partial charge in [-0.15, -0.1) is 24.0 Å². The topological polar surface area (TPSA) is 54.9 Å². The van der Waals surface area contributed by atoms with Gasteiger partial charge in [0.2, 0.25) is 0 Å². The van der Waals surface area contributed by atoms with E-state index in [0.29, 0.717) is 0 Å². The number of nitrogens with one attached hydrogen (secondary N) is 2. The Balaban J connectivity index is 0.00000484. The van der Waals surface area contributed by atoms with Crippen molar-refractivity contribution in [2.75, 3.05) is 40.5 Å². The van der Waals surface area contributed by atoms with Crippen molar-refractivity contribution >= 4 is 29.9 Å². The Morgan fingerprint density at radius 1 is 1.09 bits per heavy atom. The zero-order chi connectivity index (χ0) is 16.0. The lowest BCUT2D eigenvalue weighted by atomic mass is 10.1. The third-order valence-electron chi connectivity index (χ3n) is 3.29. The smallest absolute Gasteiger partial charge is 0.190 e. The van der Waals surface area contributed by atoms with Crippen molar-refractivity contribution in [2.24, 2.45) is 4.99 Å². The Bertz CT molecular complexity index is 416. The van der Waals surface area contributed by atoms with E-state index in [1.54, 1.807) is 14.2 Å². The number of methoxy groups -OCH3 is 1. The molecule has 0 aliphatic heterocycles. The summed E-state index contributed by atoms with van der Waals surface area (Å²) in [4.78, 5) is 4.18. The van der Waals surface area contributed by atoms with Gasteiger partial charge in [0.05, 0.1) is 6.10 Å². The molecule has 0 amide bonds. The van der Waals surface area contributed by atoms with Crippen LogP contribution in [0.3, 0.4) is 0 Å². The summed E-state index contributed by atoms with van der Waals surface area (Å²) >= 11 is 0. The highest BCUT2D eigenvalue weighted by molar-refractivity contribution is 14.0. The van der Waals surface area contributed by atoms with Crippen molar-refractivity contribution in [3.63, 3.8) is 0 Å². The third-order valence-corrected chi connectivity index (χ3v) is 3.29. The average Bonchev–Trinajstić information content (AvgIpc) is 2.57. The maximum atomic E-state index is 5.84. The molecule has 23 heavy (non-hydrogen) atoms. The van der Waals surface area contributed by atoms with Crippen LogP contribution < -0.4 is 10.6 Å². The van der Waals surface area contributed by atoms with Crippen molar-refractivity contribution in [3.8, 4) is 0 Å².